The molecular formula is C20H23N3O6S. The minimum absolute atomic E-state index is 0.197. The first-order valence-electron chi connectivity index (χ1n) is 8.85. The predicted octanol–water partition coefficient (Wildman–Crippen LogP) is 1.46. The monoisotopic (exact) mass is 433 g/mol. The number of anilines is 1. The van der Waals surface area contributed by atoms with Crippen molar-refractivity contribution in [1.29, 1.82) is 0 Å². The molecule has 0 heterocycles. The van der Waals surface area contributed by atoms with Crippen molar-refractivity contribution in [3.05, 3.63) is 59.7 Å². The molecule has 0 aliphatic rings. The number of nitrogens with one attached hydrogen (secondary N) is 1. The highest BCUT2D eigenvalue weighted by Crippen LogP contribution is 2.21. The normalized spacial score (nSPS) is 11.2. The Morgan fingerprint density at radius 2 is 1.80 bits per heavy atom. The van der Waals surface area contributed by atoms with Crippen LogP contribution < -0.4 is 14.5 Å². The molecule has 2 aromatic rings. The average Bonchev–Trinajstić information content (AvgIpc) is 2.71. The van der Waals surface area contributed by atoms with E-state index in [1.54, 1.807) is 55.5 Å². The van der Waals surface area contributed by atoms with Crippen LogP contribution in [0.15, 0.2) is 53.6 Å². The van der Waals surface area contributed by atoms with E-state index in [-0.39, 0.29) is 6.61 Å². The number of sulfonamides is 1. The summed E-state index contributed by atoms with van der Waals surface area (Å²) in [6, 6.07) is 13.5. The highest BCUT2D eigenvalue weighted by atomic mass is 32.2. The van der Waals surface area contributed by atoms with Crippen LogP contribution in [0.1, 0.15) is 11.1 Å². The largest absolute Gasteiger partial charge is 0.482 e. The number of hydrogen-bond donors (Lipinski definition) is 1. The Labute approximate surface area is 175 Å². The topological polar surface area (TPSA) is 114 Å². The molecule has 0 saturated heterocycles. The van der Waals surface area contributed by atoms with Gasteiger partial charge in [-0.2, -0.15) is 5.10 Å². The van der Waals surface area contributed by atoms with Gasteiger partial charge in [-0.3, -0.25) is 9.10 Å². The maximum absolute atomic E-state index is 12.2. The molecule has 2 aromatic carbocycles. The van der Waals surface area contributed by atoms with E-state index in [1.165, 1.54) is 13.3 Å². The molecule has 0 aliphatic carbocycles. The predicted molar refractivity (Wildman–Crippen MR) is 113 cm³/mol. The van der Waals surface area contributed by atoms with Gasteiger partial charge in [0.25, 0.3) is 5.91 Å². The van der Waals surface area contributed by atoms with E-state index in [1.807, 2.05) is 0 Å². The quantitative estimate of drug-likeness (QED) is 0.364. The average molecular weight is 433 g/mol. The fourth-order valence-electron chi connectivity index (χ4n) is 2.42. The summed E-state index contributed by atoms with van der Waals surface area (Å²) in [7, 11) is -2.38. The zero-order valence-corrected chi connectivity index (χ0v) is 17.7. The summed E-state index contributed by atoms with van der Waals surface area (Å²) in [5, 5.41) is 3.85. The van der Waals surface area contributed by atoms with Crippen LogP contribution in [0.2, 0.25) is 0 Å². The summed E-state index contributed by atoms with van der Waals surface area (Å²) >= 11 is 0. The van der Waals surface area contributed by atoms with Crippen LogP contribution >= 0.6 is 0 Å². The number of hydrazone groups is 1. The maximum Gasteiger partial charge on any atom is 0.343 e. The fraction of sp³-hybridized carbons (Fsp3) is 0.250. The molecule has 9 nitrogen and oxygen atoms in total. The molecule has 0 atom stereocenters. The summed E-state index contributed by atoms with van der Waals surface area (Å²) in [4.78, 5) is 23.3. The van der Waals surface area contributed by atoms with Gasteiger partial charge < -0.3 is 9.47 Å². The number of para-hydroxylation sites is 1. The Bertz CT molecular complexity index is 1020. The minimum atomic E-state index is -3.66. The van der Waals surface area contributed by atoms with Gasteiger partial charge in [-0.15, -0.1) is 0 Å². The Hall–Kier alpha value is -3.40. The summed E-state index contributed by atoms with van der Waals surface area (Å²) in [5.74, 6) is -0.598. The number of benzene rings is 2. The number of aryl methyl sites for hydroxylation is 1. The van der Waals surface area contributed by atoms with Crippen molar-refractivity contribution in [2.24, 2.45) is 5.10 Å². The number of esters is 1. The summed E-state index contributed by atoms with van der Waals surface area (Å²) in [6.07, 6.45) is 2.44. The molecule has 0 radical (unpaired) electrons. The summed E-state index contributed by atoms with van der Waals surface area (Å²) in [5.41, 5.74) is 4.15. The van der Waals surface area contributed by atoms with Crippen LogP contribution in [0.3, 0.4) is 0 Å². The highest BCUT2D eigenvalue weighted by Gasteiger charge is 2.21. The number of methoxy groups -OCH3 is 1. The van der Waals surface area contributed by atoms with Crippen LogP contribution in [0.4, 0.5) is 5.69 Å². The Kier molecular flexibility index (Phi) is 7.93. The number of nitrogens with zero attached hydrogens (tertiary/aromatic N) is 2. The first kappa shape index (κ1) is 22.9. The van der Waals surface area contributed by atoms with Crippen LogP contribution in [0.25, 0.3) is 0 Å². The third kappa shape index (κ3) is 6.89. The second kappa shape index (κ2) is 10.4. The molecular weight excluding hydrogens is 410 g/mol. The van der Waals surface area contributed by atoms with E-state index in [9.17, 15) is 18.0 Å². The number of ether oxygens (including phenoxy) is 2. The highest BCUT2D eigenvalue weighted by molar-refractivity contribution is 7.92. The molecule has 0 aliphatic heterocycles. The van der Waals surface area contributed by atoms with Crippen molar-refractivity contribution in [3.8, 4) is 5.75 Å². The maximum atomic E-state index is 12.2. The Morgan fingerprint density at radius 3 is 2.40 bits per heavy atom. The molecule has 0 saturated carbocycles. The fourth-order valence-corrected chi connectivity index (χ4v) is 3.33. The molecule has 10 heteroatoms. The lowest BCUT2D eigenvalue weighted by Gasteiger charge is -2.23. The van der Waals surface area contributed by atoms with E-state index >= 15 is 0 Å². The van der Waals surface area contributed by atoms with Gasteiger partial charge >= 0.3 is 5.97 Å². The summed E-state index contributed by atoms with van der Waals surface area (Å²) in [6.45, 7) is 1.17. The number of rotatable bonds is 9. The van der Waals surface area contributed by atoms with E-state index < -0.39 is 28.4 Å². The van der Waals surface area contributed by atoms with Gasteiger partial charge in [-0.1, -0.05) is 18.2 Å². The second-order valence-electron chi connectivity index (χ2n) is 6.28. The number of hydrogen-bond acceptors (Lipinski definition) is 7. The standard InChI is InChI=1S/C20H23N3O6S/c1-15-6-4-5-7-18(15)23(30(3,26)27)13-19(24)22-21-12-16-8-10-17(11-9-16)29-14-20(25)28-2/h4-12H,13-14H2,1-3H3,(H,22,24)/b21-12-. The number of carbonyl (C=O) groups is 2. The van der Waals surface area contributed by atoms with E-state index in [0.29, 0.717) is 17.0 Å². The van der Waals surface area contributed by atoms with Crippen molar-refractivity contribution >= 4 is 33.8 Å². The molecule has 1 N–H and O–H groups in total. The van der Waals surface area contributed by atoms with Crippen LogP contribution in [0, 0.1) is 6.92 Å². The number of carbonyl (C=O) groups excluding carboxylic acids is 2. The molecule has 160 valence electrons. The lowest BCUT2D eigenvalue weighted by Crippen LogP contribution is -2.39. The van der Waals surface area contributed by atoms with Gasteiger partial charge in [0.2, 0.25) is 10.0 Å². The van der Waals surface area contributed by atoms with Crippen LogP contribution in [0.5, 0.6) is 5.75 Å². The lowest BCUT2D eigenvalue weighted by molar-refractivity contribution is -0.142. The third-order valence-corrected chi connectivity index (χ3v) is 5.07. The van der Waals surface area contributed by atoms with Crippen molar-refractivity contribution in [2.45, 2.75) is 6.92 Å². The summed E-state index contributed by atoms with van der Waals surface area (Å²) < 4.78 is 35.0. The molecule has 0 fully saturated rings. The smallest absolute Gasteiger partial charge is 0.343 e. The molecule has 0 aromatic heterocycles. The zero-order chi connectivity index (χ0) is 22.1. The van der Waals surface area contributed by atoms with Gasteiger partial charge in [0.15, 0.2) is 6.61 Å². The molecule has 1 amide bonds. The van der Waals surface area contributed by atoms with Gasteiger partial charge in [0, 0.05) is 0 Å². The Morgan fingerprint density at radius 1 is 1.13 bits per heavy atom. The van der Waals surface area contributed by atoms with E-state index in [0.717, 1.165) is 16.1 Å². The minimum Gasteiger partial charge on any atom is -0.482 e. The molecule has 0 spiro atoms. The molecule has 0 bridgehead atoms. The SMILES string of the molecule is COC(=O)COc1ccc(/C=N\NC(=O)CN(c2ccccc2C)S(C)(=O)=O)cc1. The van der Waals surface area contributed by atoms with Crippen molar-refractivity contribution in [2.75, 3.05) is 30.8 Å². The van der Waals surface area contributed by atoms with E-state index in [4.69, 9.17) is 4.74 Å². The van der Waals surface area contributed by atoms with Gasteiger partial charge in [0.1, 0.15) is 12.3 Å². The van der Waals surface area contributed by atoms with Crippen LogP contribution in [-0.2, 0) is 24.3 Å². The zero-order valence-electron chi connectivity index (χ0n) is 16.9. The van der Waals surface area contributed by atoms with E-state index in [2.05, 4.69) is 15.3 Å². The molecule has 0 unspecified atom stereocenters. The van der Waals surface area contributed by atoms with Crippen LogP contribution in [-0.4, -0.2) is 53.0 Å². The molecule has 2 rings (SSSR count). The second-order valence-corrected chi connectivity index (χ2v) is 8.19. The van der Waals surface area contributed by atoms with Gasteiger partial charge in [-0.25, -0.2) is 18.6 Å². The van der Waals surface area contributed by atoms with Gasteiger partial charge in [0.05, 0.1) is 25.3 Å². The van der Waals surface area contributed by atoms with Crippen molar-refractivity contribution in [1.82, 2.24) is 5.43 Å². The van der Waals surface area contributed by atoms with Crippen molar-refractivity contribution in [3.63, 3.8) is 0 Å². The number of amides is 1. The van der Waals surface area contributed by atoms with Gasteiger partial charge in [-0.05, 0) is 48.4 Å². The molecule has 30 heavy (non-hydrogen) atoms. The third-order valence-electron chi connectivity index (χ3n) is 3.94. The lowest BCUT2D eigenvalue weighted by atomic mass is 10.2. The Balaban J connectivity index is 1.96. The first-order valence-corrected chi connectivity index (χ1v) is 10.7. The first-order chi connectivity index (χ1) is 14.2. The van der Waals surface area contributed by atoms with Crippen molar-refractivity contribution < 1.29 is 27.5 Å².